The molecule has 1 aliphatic heterocycles. The van der Waals surface area contributed by atoms with Crippen LogP contribution in [0.2, 0.25) is 0 Å². The Morgan fingerprint density at radius 1 is 1.39 bits per heavy atom. The van der Waals surface area contributed by atoms with Crippen LogP contribution in [-0.2, 0) is 10.0 Å². The van der Waals surface area contributed by atoms with Gasteiger partial charge in [-0.25, -0.2) is 8.42 Å². The van der Waals surface area contributed by atoms with Gasteiger partial charge >= 0.3 is 0 Å². The van der Waals surface area contributed by atoms with E-state index < -0.39 is 10.0 Å². The second-order valence-corrected chi connectivity index (χ2v) is 7.27. The first-order valence-electron chi connectivity index (χ1n) is 5.97. The number of rotatable bonds is 3. The summed E-state index contributed by atoms with van der Waals surface area (Å²) in [6.07, 6.45) is 1.92. The molecule has 2 rings (SSSR count). The molecule has 6 heteroatoms. The Balaban J connectivity index is 2.28. The summed E-state index contributed by atoms with van der Waals surface area (Å²) >= 11 is 3.30. The summed E-state index contributed by atoms with van der Waals surface area (Å²) in [5.41, 5.74) is 0. The van der Waals surface area contributed by atoms with Crippen LogP contribution < -0.4 is 5.32 Å². The number of benzene rings is 1. The molecule has 1 heterocycles. The van der Waals surface area contributed by atoms with Crippen LogP contribution in [0, 0.1) is 0 Å². The first kappa shape index (κ1) is 14.0. The zero-order valence-electron chi connectivity index (χ0n) is 10.3. The predicted molar refractivity (Wildman–Crippen MR) is 75.0 cm³/mol. The largest absolute Gasteiger partial charge is 0.315 e. The highest BCUT2D eigenvalue weighted by atomic mass is 79.9. The van der Waals surface area contributed by atoms with Crippen LogP contribution in [0.25, 0.3) is 0 Å². The molecule has 0 aliphatic carbocycles. The summed E-state index contributed by atoms with van der Waals surface area (Å²) in [4.78, 5) is 0.332. The molecule has 1 saturated heterocycles. The summed E-state index contributed by atoms with van der Waals surface area (Å²) in [7, 11) is -1.76. The Morgan fingerprint density at radius 2 is 2.11 bits per heavy atom. The van der Waals surface area contributed by atoms with Crippen molar-refractivity contribution in [2.45, 2.75) is 23.8 Å². The Bertz CT molecular complexity index is 513. The molecule has 1 aliphatic rings. The molecular weight excluding hydrogens is 316 g/mol. The first-order chi connectivity index (χ1) is 8.53. The van der Waals surface area contributed by atoms with Crippen molar-refractivity contribution in [2.75, 3.05) is 20.1 Å². The number of likely N-dealkylation sites (N-methyl/N-ethyl adjacent to an activating group) is 1. The zero-order valence-corrected chi connectivity index (χ0v) is 12.7. The minimum atomic E-state index is -3.42. The van der Waals surface area contributed by atoms with E-state index in [9.17, 15) is 8.42 Å². The Labute approximate surface area is 117 Å². The molecule has 1 N–H and O–H groups in total. The maximum Gasteiger partial charge on any atom is 0.244 e. The summed E-state index contributed by atoms with van der Waals surface area (Å²) < 4.78 is 27.1. The highest BCUT2D eigenvalue weighted by molar-refractivity contribution is 9.10. The van der Waals surface area contributed by atoms with Gasteiger partial charge in [-0.1, -0.05) is 12.1 Å². The number of sulfonamides is 1. The number of hydrogen-bond acceptors (Lipinski definition) is 3. The lowest BCUT2D eigenvalue weighted by Crippen LogP contribution is -2.46. The Hall–Kier alpha value is -0.430. The molecule has 1 fully saturated rings. The van der Waals surface area contributed by atoms with Crippen LogP contribution in [0.5, 0.6) is 0 Å². The van der Waals surface area contributed by atoms with E-state index in [0.29, 0.717) is 9.37 Å². The highest BCUT2D eigenvalue weighted by Crippen LogP contribution is 2.26. The average molecular weight is 333 g/mol. The third-order valence-electron chi connectivity index (χ3n) is 3.28. The van der Waals surface area contributed by atoms with E-state index in [1.54, 1.807) is 25.2 Å². The van der Waals surface area contributed by atoms with Crippen LogP contribution in [0.15, 0.2) is 33.6 Å². The number of piperidine rings is 1. The molecule has 0 unspecified atom stereocenters. The second kappa shape index (κ2) is 5.69. The third kappa shape index (κ3) is 2.77. The van der Waals surface area contributed by atoms with Crippen LogP contribution in [0.4, 0.5) is 0 Å². The molecule has 1 aromatic carbocycles. The summed E-state index contributed by atoms with van der Waals surface area (Å²) in [5.74, 6) is 0. The smallest absolute Gasteiger partial charge is 0.244 e. The standard InChI is InChI=1S/C12H17BrN2O2S/c1-15(10-5-4-8-14-9-10)18(16,17)12-7-3-2-6-11(12)13/h2-3,6-7,10,14H,4-5,8-9H2,1H3/t10-/m0/s1. The normalized spacial score (nSPS) is 21.2. The van der Waals surface area contributed by atoms with Gasteiger partial charge in [0, 0.05) is 24.1 Å². The maximum atomic E-state index is 12.5. The lowest BCUT2D eigenvalue weighted by atomic mass is 10.1. The lowest BCUT2D eigenvalue weighted by Gasteiger charge is -2.31. The van der Waals surface area contributed by atoms with Gasteiger partial charge < -0.3 is 5.32 Å². The van der Waals surface area contributed by atoms with Crippen molar-refractivity contribution in [3.8, 4) is 0 Å². The topological polar surface area (TPSA) is 49.4 Å². The van der Waals surface area contributed by atoms with Crippen molar-refractivity contribution in [1.29, 1.82) is 0 Å². The second-order valence-electron chi connectivity index (χ2n) is 4.45. The van der Waals surface area contributed by atoms with Crippen LogP contribution in [-0.4, -0.2) is 38.9 Å². The van der Waals surface area contributed by atoms with Gasteiger partial charge in [0.15, 0.2) is 0 Å². The van der Waals surface area contributed by atoms with E-state index >= 15 is 0 Å². The molecule has 1 aromatic rings. The lowest BCUT2D eigenvalue weighted by molar-refractivity contribution is 0.300. The van der Waals surface area contributed by atoms with Crippen molar-refractivity contribution >= 4 is 26.0 Å². The van der Waals surface area contributed by atoms with Gasteiger partial charge in [-0.2, -0.15) is 4.31 Å². The fourth-order valence-electron chi connectivity index (χ4n) is 2.15. The molecule has 0 radical (unpaired) electrons. The van der Waals surface area contributed by atoms with Crippen molar-refractivity contribution < 1.29 is 8.42 Å². The number of nitrogens with zero attached hydrogens (tertiary/aromatic N) is 1. The molecule has 1 atom stereocenters. The van der Waals surface area contributed by atoms with Crippen molar-refractivity contribution in [2.24, 2.45) is 0 Å². The number of halogens is 1. The van der Waals surface area contributed by atoms with Crippen LogP contribution >= 0.6 is 15.9 Å². The van der Waals surface area contributed by atoms with Gasteiger partial charge in [0.2, 0.25) is 10.0 Å². The molecule has 4 nitrogen and oxygen atoms in total. The summed E-state index contributed by atoms with van der Waals surface area (Å²) in [6, 6.07) is 6.97. The van der Waals surface area contributed by atoms with Gasteiger partial charge in [0.1, 0.15) is 0 Å². The van der Waals surface area contributed by atoms with Gasteiger partial charge in [-0.3, -0.25) is 0 Å². The molecule has 18 heavy (non-hydrogen) atoms. The molecule has 100 valence electrons. The molecular formula is C12H17BrN2O2S. The van der Waals surface area contributed by atoms with Crippen molar-refractivity contribution in [3.63, 3.8) is 0 Å². The van der Waals surface area contributed by atoms with E-state index in [2.05, 4.69) is 21.2 Å². The minimum absolute atomic E-state index is 0.0378. The van der Waals surface area contributed by atoms with Gasteiger partial charge in [-0.05, 0) is 47.4 Å². The monoisotopic (exact) mass is 332 g/mol. The van der Waals surface area contributed by atoms with E-state index in [0.717, 1.165) is 25.9 Å². The zero-order chi connectivity index (χ0) is 13.2. The SMILES string of the molecule is CN([C@H]1CCCNC1)S(=O)(=O)c1ccccc1Br. The van der Waals surface area contributed by atoms with Gasteiger partial charge in [0.25, 0.3) is 0 Å². The van der Waals surface area contributed by atoms with Gasteiger partial charge in [0.05, 0.1) is 4.90 Å². The molecule has 0 amide bonds. The quantitative estimate of drug-likeness (QED) is 0.918. The third-order valence-corrected chi connectivity index (χ3v) is 6.20. The number of hydrogen-bond donors (Lipinski definition) is 1. The van der Waals surface area contributed by atoms with E-state index in [4.69, 9.17) is 0 Å². The number of nitrogens with one attached hydrogen (secondary N) is 1. The van der Waals surface area contributed by atoms with E-state index in [1.165, 1.54) is 4.31 Å². The predicted octanol–water partition coefficient (Wildman–Crippen LogP) is 1.82. The summed E-state index contributed by atoms with van der Waals surface area (Å²) in [6.45, 7) is 1.69. The molecule has 0 bridgehead atoms. The van der Waals surface area contributed by atoms with Crippen molar-refractivity contribution in [3.05, 3.63) is 28.7 Å². The maximum absolute atomic E-state index is 12.5. The van der Waals surface area contributed by atoms with Crippen LogP contribution in [0.3, 0.4) is 0 Å². The molecule has 0 saturated carbocycles. The van der Waals surface area contributed by atoms with Crippen LogP contribution in [0.1, 0.15) is 12.8 Å². The fraction of sp³-hybridized carbons (Fsp3) is 0.500. The fourth-order valence-corrected chi connectivity index (χ4v) is 4.50. The minimum Gasteiger partial charge on any atom is -0.315 e. The van der Waals surface area contributed by atoms with E-state index in [-0.39, 0.29) is 6.04 Å². The Kier molecular flexibility index (Phi) is 4.42. The Morgan fingerprint density at radius 3 is 2.72 bits per heavy atom. The first-order valence-corrected chi connectivity index (χ1v) is 8.20. The molecule has 0 aromatic heterocycles. The van der Waals surface area contributed by atoms with Crippen molar-refractivity contribution in [1.82, 2.24) is 9.62 Å². The average Bonchev–Trinajstić information content (AvgIpc) is 2.39. The van der Waals surface area contributed by atoms with E-state index in [1.807, 2.05) is 6.07 Å². The summed E-state index contributed by atoms with van der Waals surface area (Å²) in [5, 5.41) is 3.24. The molecule has 0 spiro atoms. The van der Waals surface area contributed by atoms with Gasteiger partial charge in [-0.15, -0.1) is 0 Å². The highest BCUT2D eigenvalue weighted by Gasteiger charge is 2.30.